The van der Waals surface area contributed by atoms with Crippen LogP contribution in [-0.4, -0.2) is 4.98 Å². The Bertz CT molecular complexity index is 492. The Labute approximate surface area is 97.3 Å². The molecule has 0 bridgehead atoms. The number of aromatic nitrogens is 1. The van der Waals surface area contributed by atoms with Crippen LogP contribution < -0.4 is 0 Å². The summed E-state index contributed by atoms with van der Waals surface area (Å²) < 4.78 is 0.966. The molecule has 1 aromatic carbocycles. The molecule has 0 aliphatic rings. The maximum atomic E-state index is 4.17. The molecule has 0 N–H and O–H groups in total. The van der Waals surface area contributed by atoms with Crippen LogP contribution in [0.2, 0.25) is 0 Å². The van der Waals surface area contributed by atoms with Gasteiger partial charge in [0.2, 0.25) is 0 Å². The van der Waals surface area contributed by atoms with Gasteiger partial charge in [0.1, 0.15) is 5.69 Å². The van der Waals surface area contributed by atoms with Crippen LogP contribution in [0.5, 0.6) is 0 Å². The Kier molecular flexibility index (Phi) is 3.16. The first kappa shape index (κ1) is 9.95. The van der Waals surface area contributed by atoms with Gasteiger partial charge < -0.3 is 0 Å². The van der Waals surface area contributed by atoms with Gasteiger partial charge in [-0.3, -0.25) is 0 Å². The van der Waals surface area contributed by atoms with E-state index in [4.69, 9.17) is 0 Å². The molecule has 1 aromatic heterocycles. The Hall–Kier alpha value is -1.59. The molecule has 0 atom stereocenters. The zero-order valence-corrected chi connectivity index (χ0v) is 9.53. The lowest BCUT2D eigenvalue weighted by Gasteiger charge is -1.90. The van der Waals surface area contributed by atoms with E-state index in [0.29, 0.717) is 0 Å². The van der Waals surface area contributed by atoms with Gasteiger partial charge in [-0.2, -0.15) is 0 Å². The molecule has 1 nitrogen and oxygen atoms in total. The third-order valence-corrected chi connectivity index (χ3v) is 2.31. The van der Waals surface area contributed by atoms with Gasteiger partial charge in [-0.15, -0.1) is 0 Å². The fourth-order valence-corrected chi connectivity index (χ4v) is 1.34. The monoisotopic (exact) mass is 257 g/mol. The van der Waals surface area contributed by atoms with Gasteiger partial charge in [0.25, 0.3) is 0 Å². The van der Waals surface area contributed by atoms with Crippen LogP contribution in [0.1, 0.15) is 11.3 Å². The van der Waals surface area contributed by atoms with E-state index in [-0.39, 0.29) is 0 Å². The Morgan fingerprint density at radius 2 is 1.73 bits per heavy atom. The predicted molar refractivity (Wildman–Crippen MR) is 64.4 cm³/mol. The number of nitrogens with zero attached hydrogens (tertiary/aromatic N) is 1. The zero-order valence-electron chi connectivity index (χ0n) is 7.94. The van der Waals surface area contributed by atoms with Gasteiger partial charge in [0, 0.05) is 16.2 Å². The highest BCUT2D eigenvalue weighted by molar-refractivity contribution is 9.10. The molecule has 0 radical (unpaired) electrons. The SMILES string of the molecule is Brc1ccc(C#Cc2ccccc2)nc1. The highest BCUT2D eigenvalue weighted by Crippen LogP contribution is 2.06. The minimum absolute atomic E-state index is 0.780. The van der Waals surface area contributed by atoms with E-state index in [9.17, 15) is 0 Å². The lowest BCUT2D eigenvalue weighted by Crippen LogP contribution is -1.80. The molecule has 0 unspecified atom stereocenters. The molecule has 2 heteroatoms. The highest BCUT2D eigenvalue weighted by atomic mass is 79.9. The second-order valence-corrected chi connectivity index (χ2v) is 3.89. The van der Waals surface area contributed by atoms with Crippen LogP contribution >= 0.6 is 15.9 Å². The highest BCUT2D eigenvalue weighted by Gasteiger charge is 1.88. The number of hydrogen-bond acceptors (Lipinski definition) is 1. The van der Waals surface area contributed by atoms with Crippen molar-refractivity contribution < 1.29 is 0 Å². The molecule has 0 saturated carbocycles. The van der Waals surface area contributed by atoms with Crippen LogP contribution in [-0.2, 0) is 0 Å². The number of halogens is 1. The number of benzene rings is 1. The predicted octanol–water partition coefficient (Wildman–Crippen LogP) is 3.24. The van der Waals surface area contributed by atoms with Gasteiger partial charge in [0.05, 0.1) is 0 Å². The molecule has 0 aliphatic heterocycles. The average molecular weight is 258 g/mol. The molecule has 1 heterocycles. The largest absolute Gasteiger partial charge is 0.247 e. The van der Waals surface area contributed by atoms with Crippen LogP contribution in [0.3, 0.4) is 0 Å². The second kappa shape index (κ2) is 4.77. The first-order valence-corrected chi connectivity index (χ1v) is 5.32. The minimum Gasteiger partial charge on any atom is -0.247 e. The summed E-state index contributed by atoms with van der Waals surface area (Å²) in [5.41, 5.74) is 1.78. The van der Waals surface area contributed by atoms with E-state index < -0.39 is 0 Å². The van der Waals surface area contributed by atoms with Crippen molar-refractivity contribution in [2.75, 3.05) is 0 Å². The number of pyridine rings is 1. The molecule has 0 aliphatic carbocycles. The molecule has 72 valence electrons. The van der Waals surface area contributed by atoms with Crippen LogP contribution in [0, 0.1) is 11.8 Å². The summed E-state index contributed by atoms with van der Waals surface area (Å²) in [4.78, 5) is 4.17. The van der Waals surface area contributed by atoms with Crippen molar-refractivity contribution >= 4 is 15.9 Å². The lowest BCUT2D eigenvalue weighted by molar-refractivity contribution is 1.27. The summed E-state index contributed by atoms with van der Waals surface area (Å²) in [6.45, 7) is 0. The summed E-state index contributed by atoms with van der Waals surface area (Å²) in [6.07, 6.45) is 1.75. The van der Waals surface area contributed by atoms with Crippen molar-refractivity contribution in [3.05, 3.63) is 64.4 Å². The smallest absolute Gasteiger partial charge is 0.113 e. The number of hydrogen-bond donors (Lipinski definition) is 0. The van der Waals surface area contributed by atoms with Gasteiger partial charge in [0.15, 0.2) is 0 Å². The van der Waals surface area contributed by atoms with Crippen molar-refractivity contribution in [1.82, 2.24) is 4.98 Å². The second-order valence-electron chi connectivity index (χ2n) is 2.98. The van der Waals surface area contributed by atoms with Crippen molar-refractivity contribution in [2.24, 2.45) is 0 Å². The summed E-state index contributed by atoms with van der Waals surface area (Å²) in [7, 11) is 0. The molecular weight excluding hydrogens is 250 g/mol. The zero-order chi connectivity index (χ0) is 10.5. The quantitative estimate of drug-likeness (QED) is 0.661. The molecule has 2 rings (SSSR count). The molecule has 2 aromatic rings. The summed E-state index contributed by atoms with van der Waals surface area (Å²) in [5, 5.41) is 0. The maximum Gasteiger partial charge on any atom is 0.113 e. The van der Waals surface area contributed by atoms with Gasteiger partial charge in [-0.05, 0) is 46.1 Å². The first-order valence-electron chi connectivity index (χ1n) is 4.53. The molecule has 0 spiro atoms. The van der Waals surface area contributed by atoms with Crippen molar-refractivity contribution in [2.45, 2.75) is 0 Å². The topological polar surface area (TPSA) is 12.9 Å². The van der Waals surface area contributed by atoms with Crippen LogP contribution in [0.25, 0.3) is 0 Å². The normalized spacial score (nSPS) is 9.13. The Balaban J connectivity index is 2.22. The fraction of sp³-hybridized carbons (Fsp3) is 0. The average Bonchev–Trinajstić information content (AvgIpc) is 2.30. The third-order valence-electron chi connectivity index (χ3n) is 1.84. The van der Waals surface area contributed by atoms with Gasteiger partial charge >= 0.3 is 0 Å². The first-order chi connectivity index (χ1) is 7.34. The summed E-state index contributed by atoms with van der Waals surface area (Å²) in [6, 6.07) is 13.7. The lowest BCUT2D eigenvalue weighted by atomic mass is 10.2. The molecule has 15 heavy (non-hydrogen) atoms. The van der Waals surface area contributed by atoms with Crippen LogP contribution in [0.15, 0.2) is 53.1 Å². The molecule has 0 fully saturated rings. The van der Waals surface area contributed by atoms with E-state index >= 15 is 0 Å². The van der Waals surface area contributed by atoms with Gasteiger partial charge in [-0.1, -0.05) is 24.1 Å². The maximum absolute atomic E-state index is 4.17. The third kappa shape index (κ3) is 2.93. The van der Waals surface area contributed by atoms with Crippen molar-refractivity contribution in [1.29, 1.82) is 0 Å². The van der Waals surface area contributed by atoms with E-state index in [1.54, 1.807) is 6.20 Å². The summed E-state index contributed by atoms with van der Waals surface area (Å²) in [5.74, 6) is 6.06. The Morgan fingerprint density at radius 3 is 2.40 bits per heavy atom. The standard InChI is InChI=1S/C13H8BrN/c14-12-7-9-13(15-10-12)8-6-11-4-2-1-3-5-11/h1-5,7,9-10H. The van der Waals surface area contributed by atoms with E-state index in [1.165, 1.54) is 0 Å². The summed E-state index contributed by atoms with van der Waals surface area (Å²) >= 11 is 3.33. The van der Waals surface area contributed by atoms with E-state index in [2.05, 4.69) is 32.8 Å². The molecular formula is C13H8BrN. The molecule has 0 amide bonds. The number of rotatable bonds is 0. The van der Waals surface area contributed by atoms with E-state index in [1.807, 2.05) is 42.5 Å². The van der Waals surface area contributed by atoms with Gasteiger partial charge in [-0.25, -0.2) is 4.98 Å². The molecule has 0 saturated heterocycles. The van der Waals surface area contributed by atoms with Crippen molar-refractivity contribution in [3.8, 4) is 11.8 Å². The van der Waals surface area contributed by atoms with E-state index in [0.717, 1.165) is 15.7 Å². The Morgan fingerprint density at radius 1 is 0.933 bits per heavy atom. The fourth-order valence-electron chi connectivity index (χ4n) is 1.11. The van der Waals surface area contributed by atoms with Crippen LogP contribution in [0.4, 0.5) is 0 Å². The minimum atomic E-state index is 0.780. The van der Waals surface area contributed by atoms with Crippen molar-refractivity contribution in [3.63, 3.8) is 0 Å².